The zero-order valence-corrected chi connectivity index (χ0v) is 13.0. The Kier molecular flexibility index (Phi) is 3.29. The number of para-hydroxylation sites is 2. The van der Waals surface area contributed by atoms with Gasteiger partial charge in [-0.15, -0.1) is 0 Å². The lowest BCUT2D eigenvalue weighted by atomic mass is 10.1. The Morgan fingerprint density at radius 1 is 1.21 bits per heavy atom. The Hall–Kier alpha value is -3.52. The molecule has 0 saturated carbocycles. The first-order valence-corrected chi connectivity index (χ1v) is 7.50. The summed E-state index contributed by atoms with van der Waals surface area (Å²) >= 11 is 0. The third-order valence-electron chi connectivity index (χ3n) is 3.99. The minimum absolute atomic E-state index is 0.489. The van der Waals surface area contributed by atoms with Gasteiger partial charge in [-0.1, -0.05) is 12.1 Å². The number of nitriles is 1. The molecule has 0 aliphatic carbocycles. The Morgan fingerprint density at radius 3 is 2.88 bits per heavy atom. The molecule has 0 aliphatic heterocycles. The van der Waals surface area contributed by atoms with Gasteiger partial charge in [0.2, 0.25) is 0 Å². The van der Waals surface area contributed by atoms with Crippen LogP contribution >= 0.6 is 0 Å². The SMILES string of the molecule is COc1ccc2c(C=C(C#N)c3nc4ccccc4[nH]3)c[nH]c2c1. The van der Waals surface area contributed by atoms with E-state index in [2.05, 4.69) is 21.0 Å². The van der Waals surface area contributed by atoms with Crippen molar-refractivity contribution in [3.05, 3.63) is 60.0 Å². The van der Waals surface area contributed by atoms with Crippen LogP contribution in [0, 0.1) is 11.3 Å². The van der Waals surface area contributed by atoms with Gasteiger partial charge < -0.3 is 14.7 Å². The zero-order valence-electron chi connectivity index (χ0n) is 13.0. The summed E-state index contributed by atoms with van der Waals surface area (Å²) < 4.78 is 5.23. The van der Waals surface area contributed by atoms with E-state index < -0.39 is 0 Å². The van der Waals surface area contributed by atoms with Crippen LogP contribution < -0.4 is 4.74 Å². The molecule has 0 saturated heterocycles. The maximum atomic E-state index is 9.55. The van der Waals surface area contributed by atoms with E-state index in [-0.39, 0.29) is 0 Å². The van der Waals surface area contributed by atoms with E-state index in [0.29, 0.717) is 11.4 Å². The van der Waals surface area contributed by atoms with Crippen LogP contribution in [-0.4, -0.2) is 22.1 Å². The molecule has 0 bridgehead atoms. The molecule has 116 valence electrons. The summed E-state index contributed by atoms with van der Waals surface area (Å²) in [5, 5.41) is 10.6. The molecule has 0 fully saturated rings. The molecule has 0 amide bonds. The molecular formula is C19H14N4O. The number of H-pyrrole nitrogens is 2. The summed E-state index contributed by atoms with van der Waals surface area (Å²) in [7, 11) is 1.64. The number of hydrogen-bond acceptors (Lipinski definition) is 3. The number of rotatable bonds is 3. The minimum atomic E-state index is 0.489. The number of methoxy groups -OCH3 is 1. The van der Waals surface area contributed by atoms with Crippen molar-refractivity contribution in [2.45, 2.75) is 0 Å². The zero-order chi connectivity index (χ0) is 16.5. The van der Waals surface area contributed by atoms with E-state index >= 15 is 0 Å². The second kappa shape index (κ2) is 5.60. The van der Waals surface area contributed by atoms with E-state index in [4.69, 9.17) is 4.74 Å². The first-order valence-electron chi connectivity index (χ1n) is 7.50. The first-order chi connectivity index (χ1) is 11.8. The van der Waals surface area contributed by atoms with E-state index in [9.17, 15) is 5.26 Å². The van der Waals surface area contributed by atoms with Crippen LogP contribution in [0.5, 0.6) is 5.75 Å². The van der Waals surface area contributed by atoms with Crippen molar-refractivity contribution in [2.75, 3.05) is 7.11 Å². The molecular weight excluding hydrogens is 300 g/mol. The topological polar surface area (TPSA) is 77.5 Å². The maximum absolute atomic E-state index is 9.55. The van der Waals surface area contributed by atoms with E-state index in [1.54, 1.807) is 7.11 Å². The number of aromatic amines is 2. The lowest BCUT2D eigenvalue weighted by Crippen LogP contribution is -1.84. The standard InChI is InChI=1S/C19H14N4O/c1-24-14-6-7-15-13(11-21-18(15)9-14)8-12(10-20)19-22-16-4-2-3-5-17(16)23-19/h2-9,11,21H,1H3,(H,22,23). The number of hydrogen-bond donors (Lipinski definition) is 2. The number of nitrogens with one attached hydrogen (secondary N) is 2. The predicted molar refractivity (Wildman–Crippen MR) is 94.4 cm³/mol. The molecule has 0 aliphatic rings. The molecule has 5 heteroatoms. The Bertz CT molecular complexity index is 1080. The highest BCUT2D eigenvalue weighted by Crippen LogP contribution is 2.26. The molecule has 4 aromatic rings. The highest BCUT2D eigenvalue weighted by atomic mass is 16.5. The molecule has 2 heterocycles. The Labute approximate surface area is 138 Å². The second-order valence-corrected chi connectivity index (χ2v) is 5.43. The Balaban J connectivity index is 1.81. The van der Waals surface area contributed by atoms with Gasteiger partial charge in [-0.25, -0.2) is 4.98 Å². The second-order valence-electron chi connectivity index (χ2n) is 5.43. The first kappa shape index (κ1) is 14.1. The van der Waals surface area contributed by atoms with Gasteiger partial charge in [0.25, 0.3) is 0 Å². The summed E-state index contributed by atoms with van der Waals surface area (Å²) in [6.07, 6.45) is 3.72. The average Bonchev–Trinajstić information content (AvgIpc) is 3.22. The molecule has 2 aromatic heterocycles. The van der Waals surface area contributed by atoms with Crippen molar-refractivity contribution in [3.63, 3.8) is 0 Å². The van der Waals surface area contributed by atoms with Crippen LogP contribution in [0.4, 0.5) is 0 Å². The molecule has 2 N–H and O–H groups in total. The van der Waals surface area contributed by atoms with Gasteiger partial charge in [0.1, 0.15) is 17.6 Å². The maximum Gasteiger partial charge on any atom is 0.149 e. The monoisotopic (exact) mass is 314 g/mol. The normalized spacial score (nSPS) is 11.8. The molecule has 5 nitrogen and oxygen atoms in total. The van der Waals surface area contributed by atoms with Crippen molar-refractivity contribution in [2.24, 2.45) is 0 Å². The fourth-order valence-electron chi connectivity index (χ4n) is 2.76. The number of allylic oxidation sites excluding steroid dienone is 1. The predicted octanol–water partition coefficient (Wildman–Crippen LogP) is 4.12. The highest BCUT2D eigenvalue weighted by molar-refractivity contribution is 5.98. The van der Waals surface area contributed by atoms with Gasteiger partial charge in [0, 0.05) is 28.7 Å². The third kappa shape index (κ3) is 2.31. The lowest BCUT2D eigenvalue weighted by molar-refractivity contribution is 0.415. The van der Waals surface area contributed by atoms with Crippen LogP contribution in [0.1, 0.15) is 11.4 Å². The molecule has 24 heavy (non-hydrogen) atoms. The number of ether oxygens (including phenoxy) is 1. The molecule has 4 rings (SSSR count). The van der Waals surface area contributed by atoms with Gasteiger partial charge in [-0.3, -0.25) is 0 Å². The van der Waals surface area contributed by atoms with Crippen molar-refractivity contribution in [3.8, 4) is 11.8 Å². The van der Waals surface area contributed by atoms with Crippen LogP contribution in [0.2, 0.25) is 0 Å². The third-order valence-corrected chi connectivity index (χ3v) is 3.99. The lowest BCUT2D eigenvalue weighted by Gasteiger charge is -1.99. The fraction of sp³-hybridized carbons (Fsp3) is 0.0526. The number of benzene rings is 2. The van der Waals surface area contributed by atoms with Gasteiger partial charge in [0.15, 0.2) is 0 Å². The van der Waals surface area contributed by atoms with Gasteiger partial charge >= 0.3 is 0 Å². The summed E-state index contributed by atoms with van der Waals surface area (Å²) in [6, 6.07) is 15.8. The largest absolute Gasteiger partial charge is 0.497 e. The molecule has 2 aromatic carbocycles. The Morgan fingerprint density at radius 2 is 2.08 bits per heavy atom. The van der Waals surface area contributed by atoms with Gasteiger partial charge in [0.05, 0.1) is 23.7 Å². The summed E-state index contributed by atoms with van der Waals surface area (Å²) in [4.78, 5) is 10.9. The van der Waals surface area contributed by atoms with Crippen molar-refractivity contribution >= 4 is 33.6 Å². The van der Waals surface area contributed by atoms with Crippen LogP contribution in [-0.2, 0) is 0 Å². The quantitative estimate of drug-likeness (QED) is 0.558. The van der Waals surface area contributed by atoms with Crippen molar-refractivity contribution in [1.29, 1.82) is 5.26 Å². The van der Waals surface area contributed by atoms with E-state index in [1.165, 1.54) is 0 Å². The average molecular weight is 314 g/mol. The number of imidazole rings is 1. The number of aromatic nitrogens is 3. The van der Waals surface area contributed by atoms with Crippen molar-refractivity contribution < 1.29 is 4.74 Å². The number of nitrogens with zero attached hydrogens (tertiary/aromatic N) is 2. The molecule has 0 atom stereocenters. The van der Waals surface area contributed by atoms with Crippen molar-refractivity contribution in [1.82, 2.24) is 15.0 Å². The fourth-order valence-corrected chi connectivity index (χ4v) is 2.76. The van der Waals surface area contributed by atoms with Crippen LogP contribution in [0.3, 0.4) is 0 Å². The summed E-state index contributed by atoms with van der Waals surface area (Å²) in [5.41, 5.74) is 4.14. The van der Waals surface area contributed by atoms with Crippen LogP contribution in [0.25, 0.3) is 33.6 Å². The van der Waals surface area contributed by atoms with Gasteiger partial charge in [-0.2, -0.15) is 5.26 Å². The molecule has 0 spiro atoms. The highest BCUT2D eigenvalue weighted by Gasteiger charge is 2.10. The minimum Gasteiger partial charge on any atom is -0.497 e. The number of fused-ring (bicyclic) bond motifs is 2. The summed E-state index contributed by atoms with van der Waals surface area (Å²) in [5.74, 6) is 1.36. The van der Waals surface area contributed by atoms with E-state index in [0.717, 1.165) is 33.2 Å². The van der Waals surface area contributed by atoms with Crippen LogP contribution in [0.15, 0.2) is 48.7 Å². The van der Waals surface area contributed by atoms with E-state index in [1.807, 2.05) is 54.7 Å². The smallest absolute Gasteiger partial charge is 0.149 e. The summed E-state index contributed by atoms with van der Waals surface area (Å²) in [6.45, 7) is 0. The van der Waals surface area contributed by atoms with Gasteiger partial charge in [-0.05, 0) is 30.3 Å². The molecule has 0 radical (unpaired) electrons. The molecule has 0 unspecified atom stereocenters.